The van der Waals surface area contributed by atoms with Crippen LogP contribution in [-0.2, 0) is 13.0 Å². The van der Waals surface area contributed by atoms with E-state index < -0.39 is 0 Å². The maximum Gasteiger partial charge on any atom is 0.185 e. The Bertz CT molecular complexity index is 834. The summed E-state index contributed by atoms with van der Waals surface area (Å²) < 4.78 is 0. The first-order valence-electron chi connectivity index (χ1n) is 10.0. The molecule has 3 rings (SSSR count). The van der Waals surface area contributed by atoms with Gasteiger partial charge in [-0.1, -0.05) is 43.5 Å². The molecule has 1 aromatic carbocycles. The highest BCUT2D eigenvalue weighted by Gasteiger charge is 2.21. The molecule has 2 aromatic rings. The molecular weight excluding hydrogens is 350 g/mol. The van der Waals surface area contributed by atoms with Gasteiger partial charge in [-0.2, -0.15) is 5.26 Å². The van der Waals surface area contributed by atoms with Gasteiger partial charge in [0.05, 0.1) is 18.2 Å². The van der Waals surface area contributed by atoms with Gasteiger partial charge in [0.2, 0.25) is 0 Å². The number of aliphatic hydroxyl groups excluding tert-OH is 1. The highest BCUT2D eigenvalue weighted by Crippen LogP contribution is 2.35. The molecule has 0 bridgehead atoms. The summed E-state index contributed by atoms with van der Waals surface area (Å²) >= 11 is 0. The lowest BCUT2D eigenvalue weighted by Crippen LogP contribution is -2.17. The van der Waals surface area contributed by atoms with Crippen LogP contribution in [0, 0.1) is 11.3 Å². The number of benzene rings is 1. The molecule has 0 unspecified atom stereocenters. The third-order valence-corrected chi connectivity index (χ3v) is 5.42. The summed E-state index contributed by atoms with van der Waals surface area (Å²) in [6.45, 7) is 1.21. The second-order valence-corrected chi connectivity index (χ2v) is 7.38. The van der Waals surface area contributed by atoms with Crippen molar-refractivity contribution in [1.29, 1.82) is 5.26 Å². The lowest BCUT2D eigenvalue weighted by atomic mass is 9.81. The van der Waals surface area contributed by atoms with Crippen LogP contribution in [0.2, 0.25) is 0 Å². The van der Waals surface area contributed by atoms with Crippen molar-refractivity contribution in [2.45, 2.75) is 51.0 Å². The lowest BCUT2D eigenvalue weighted by Gasteiger charge is -2.23. The van der Waals surface area contributed by atoms with Crippen molar-refractivity contribution in [3.63, 3.8) is 0 Å². The molecule has 1 saturated carbocycles. The Kier molecular flexibility index (Phi) is 7.30. The van der Waals surface area contributed by atoms with Crippen molar-refractivity contribution < 1.29 is 9.90 Å². The number of rotatable bonds is 8. The minimum atomic E-state index is -0.0767. The normalized spacial score (nSPS) is 14.6. The third kappa shape index (κ3) is 5.03. The van der Waals surface area contributed by atoms with Crippen molar-refractivity contribution in [2.75, 3.05) is 13.2 Å². The Morgan fingerprint density at radius 1 is 1.21 bits per heavy atom. The van der Waals surface area contributed by atoms with Gasteiger partial charge in [-0.25, -0.2) is 0 Å². The number of nitriles is 1. The van der Waals surface area contributed by atoms with Gasteiger partial charge in [-0.3, -0.25) is 9.78 Å². The zero-order chi connectivity index (χ0) is 19.8. The highest BCUT2D eigenvalue weighted by molar-refractivity contribution is 5.96. The van der Waals surface area contributed by atoms with Crippen LogP contribution in [0.5, 0.6) is 0 Å². The fourth-order valence-electron chi connectivity index (χ4n) is 3.93. The van der Waals surface area contributed by atoms with Gasteiger partial charge in [0, 0.05) is 25.7 Å². The molecule has 146 valence electrons. The second kappa shape index (κ2) is 10.1. The molecule has 1 aliphatic carbocycles. The van der Waals surface area contributed by atoms with Crippen molar-refractivity contribution in [2.24, 2.45) is 0 Å². The minimum absolute atomic E-state index is 0.0767. The summed E-state index contributed by atoms with van der Waals surface area (Å²) in [5, 5.41) is 21.6. The molecule has 28 heavy (non-hydrogen) atoms. The largest absolute Gasteiger partial charge is 0.395 e. The topological polar surface area (TPSA) is 86.0 Å². The molecule has 0 spiro atoms. The molecule has 2 N–H and O–H groups in total. The maximum atomic E-state index is 12.7. The maximum absolute atomic E-state index is 12.7. The number of aromatic nitrogens is 1. The van der Waals surface area contributed by atoms with E-state index in [4.69, 9.17) is 5.11 Å². The van der Waals surface area contributed by atoms with E-state index in [1.807, 2.05) is 18.2 Å². The van der Waals surface area contributed by atoms with Crippen LogP contribution in [0.4, 0.5) is 0 Å². The first-order chi connectivity index (χ1) is 13.7. The molecule has 0 aliphatic heterocycles. The van der Waals surface area contributed by atoms with Crippen LogP contribution in [0.1, 0.15) is 70.8 Å². The van der Waals surface area contributed by atoms with Crippen LogP contribution in [0.25, 0.3) is 0 Å². The summed E-state index contributed by atoms with van der Waals surface area (Å²) in [5.41, 5.74) is 3.95. The smallest absolute Gasteiger partial charge is 0.185 e. The minimum Gasteiger partial charge on any atom is -0.395 e. The first-order valence-corrected chi connectivity index (χ1v) is 10.0. The molecule has 1 heterocycles. The quantitative estimate of drug-likeness (QED) is 0.543. The Labute approximate surface area is 166 Å². The molecule has 5 heteroatoms. The summed E-state index contributed by atoms with van der Waals surface area (Å²) in [6.07, 6.45) is 7.82. The van der Waals surface area contributed by atoms with Gasteiger partial charge in [0.25, 0.3) is 0 Å². The number of nitrogens with zero attached hydrogens (tertiary/aromatic N) is 2. The fraction of sp³-hybridized carbons (Fsp3) is 0.435. The fourth-order valence-corrected chi connectivity index (χ4v) is 3.93. The first kappa shape index (κ1) is 20.2. The molecule has 0 radical (unpaired) electrons. The molecule has 0 atom stereocenters. The number of carbonyl (C=O) groups excluding carboxylic acids is 1. The van der Waals surface area contributed by atoms with E-state index in [0.29, 0.717) is 30.3 Å². The summed E-state index contributed by atoms with van der Waals surface area (Å²) in [5.74, 6) is 0.356. The number of Topliss-reactive ketones (excluding diaryl/α,β-unsaturated/α-hetero) is 1. The predicted octanol–water partition coefficient (Wildman–Crippen LogP) is 3.51. The zero-order valence-corrected chi connectivity index (χ0v) is 16.2. The van der Waals surface area contributed by atoms with E-state index in [1.165, 1.54) is 19.3 Å². The number of pyridine rings is 1. The summed E-state index contributed by atoms with van der Waals surface area (Å²) in [7, 11) is 0. The van der Waals surface area contributed by atoms with Crippen molar-refractivity contribution >= 4 is 5.78 Å². The molecule has 1 aliphatic rings. The average Bonchev–Trinajstić information content (AvgIpc) is 2.75. The monoisotopic (exact) mass is 377 g/mol. The van der Waals surface area contributed by atoms with Gasteiger partial charge in [-0.15, -0.1) is 0 Å². The van der Waals surface area contributed by atoms with E-state index in [2.05, 4.69) is 22.4 Å². The van der Waals surface area contributed by atoms with Crippen LogP contribution in [0.3, 0.4) is 0 Å². The van der Waals surface area contributed by atoms with E-state index >= 15 is 0 Å². The average molecular weight is 377 g/mol. The van der Waals surface area contributed by atoms with Gasteiger partial charge in [0.1, 0.15) is 5.69 Å². The number of ketones is 1. The standard InChI is InChI=1S/C23H27N3O2/c24-14-21-19(7-4-8-20(21)18-5-2-1-3-6-18)13-23(28)22-10-9-17(16-26-22)15-25-11-12-27/h4,7-10,16,18,25,27H,1-3,5-6,11-13,15H2. The van der Waals surface area contributed by atoms with Crippen LogP contribution >= 0.6 is 0 Å². The highest BCUT2D eigenvalue weighted by atomic mass is 16.3. The van der Waals surface area contributed by atoms with E-state index in [1.54, 1.807) is 12.3 Å². The lowest BCUT2D eigenvalue weighted by molar-refractivity contribution is 0.0988. The van der Waals surface area contributed by atoms with E-state index in [9.17, 15) is 10.1 Å². The number of nitrogens with one attached hydrogen (secondary N) is 1. The van der Waals surface area contributed by atoms with Crippen LogP contribution in [-0.4, -0.2) is 29.0 Å². The van der Waals surface area contributed by atoms with Crippen LogP contribution in [0.15, 0.2) is 36.5 Å². The van der Waals surface area contributed by atoms with Crippen molar-refractivity contribution in [3.8, 4) is 6.07 Å². The number of hydrogen-bond donors (Lipinski definition) is 2. The zero-order valence-electron chi connectivity index (χ0n) is 16.2. The van der Waals surface area contributed by atoms with Crippen LogP contribution < -0.4 is 5.32 Å². The van der Waals surface area contributed by atoms with E-state index in [0.717, 1.165) is 29.5 Å². The summed E-state index contributed by atoms with van der Waals surface area (Å²) in [6, 6.07) is 11.9. The SMILES string of the molecule is N#Cc1c(CC(=O)c2ccc(CNCCO)cn2)cccc1C1CCCCC1. The van der Waals surface area contributed by atoms with Crippen molar-refractivity contribution in [1.82, 2.24) is 10.3 Å². The molecule has 0 amide bonds. The molecule has 1 fully saturated rings. The Hall–Kier alpha value is -2.55. The number of aliphatic hydroxyl groups is 1. The Morgan fingerprint density at radius 3 is 2.71 bits per heavy atom. The third-order valence-electron chi connectivity index (χ3n) is 5.42. The summed E-state index contributed by atoms with van der Waals surface area (Å²) in [4.78, 5) is 17.0. The van der Waals surface area contributed by atoms with E-state index in [-0.39, 0.29) is 18.8 Å². The molecule has 0 saturated heterocycles. The molecule has 5 nitrogen and oxygen atoms in total. The number of carbonyl (C=O) groups is 1. The van der Waals surface area contributed by atoms with Gasteiger partial charge in [-0.05, 0) is 41.5 Å². The second-order valence-electron chi connectivity index (χ2n) is 7.38. The molecular formula is C23H27N3O2. The molecule has 1 aromatic heterocycles. The van der Waals surface area contributed by atoms with Crippen molar-refractivity contribution in [3.05, 3.63) is 64.5 Å². The van der Waals surface area contributed by atoms with Gasteiger partial charge < -0.3 is 10.4 Å². The number of hydrogen-bond acceptors (Lipinski definition) is 5. The Balaban J connectivity index is 1.72. The predicted molar refractivity (Wildman–Crippen MR) is 108 cm³/mol. The van der Waals surface area contributed by atoms with Gasteiger partial charge >= 0.3 is 0 Å². The Morgan fingerprint density at radius 2 is 2.04 bits per heavy atom. The van der Waals surface area contributed by atoms with Gasteiger partial charge in [0.15, 0.2) is 5.78 Å².